The number of aromatic nitrogens is 2. The van der Waals surface area contributed by atoms with Gasteiger partial charge in [0.05, 0.1) is 40.2 Å². The molecule has 1 aromatic carbocycles. The van der Waals surface area contributed by atoms with Gasteiger partial charge in [0.2, 0.25) is 0 Å². The van der Waals surface area contributed by atoms with Crippen LogP contribution in [0.25, 0.3) is 11.0 Å². The molecule has 1 aliphatic rings. The molecule has 9 heteroatoms. The van der Waals surface area contributed by atoms with Crippen molar-refractivity contribution in [3.05, 3.63) is 70.8 Å². The van der Waals surface area contributed by atoms with Crippen LogP contribution in [0.2, 0.25) is 0 Å². The number of hydrazone groups is 1. The van der Waals surface area contributed by atoms with Gasteiger partial charge in [-0.15, -0.1) is 11.3 Å². The van der Waals surface area contributed by atoms with Crippen molar-refractivity contribution < 1.29 is 13.9 Å². The lowest BCUT2D eigenvalue weighted by atomic mass is 10.1. The Kier molecular flexibility index (Phi) is 6.11. The van der Waals surface area contributed by atoms with Gasteiger partial charge < -0.3 is 13.7 Å². The largest absolute Gasteiger partial charge is 0.467 e. The topological polar surface area (TPSA) is 72.9 Å². The summed E-state index contributed by atoms with van der Waals surface area (Å²) < 4.78 is 13.0. The minimum Gasteiger partial charge on any atom is -0.467 e. The van der Waals surface area contributed by atoms with Crippen LogP contribution in [-0.2, 0) is 16.1 Å². The summed E-state index contributed by atoms with van der Waals surface area (Å²) in [6.45, 7) is 1.25. The van der Waals surface area contributed by atoms with Crippen molar-refractivity contribution in [1.82, 2.24) is 14.6 Å². The van der Waals surface area contributed by atoms with Crippen LogP contribution in [0.4, 0.5) is 0 Å². The number of benzene rings is 1. The first-order valence-corrected chi connectivity index (χ1v) is 12.1. The quantitative estimate of drug-likeness (QED) is 0.349. The number of para-hydroxylation sites is 2. The number of amides is 1. The van der Waals surface area contributed by atoms with Crippen molar-refractivity contribution >= 4 is 45.8 Å². The van der Waals surface area contributed by atoms with Crippen LogP contribution in [0.15, 0.2) is 74.8 Å². The third-order valence-electron chi connectivity index (χ3n) is 5.31. The van der Waals surface area contributed by atoms with Crippen LogP contribution in [-0.4, -0.2) is 45.6 Å². The molecule has 0 fully saturated rings. The second-order valence-electron chi connectivity index (χ2n) is 7.31. The zero-order valence-corrected chi connectivity index (χ0v) is 19.1. The fourth-order valence-electron chi connectivity index (χ4n) is 3.79. The highest BCUT2D eigenvalue weighted by Gasteiger charge is 2.35. The highest BCUT2D eigenvalue weighted by Crippen LogP contribution is 2.35. The van der Waals surface area contributed by atoms with Crippen molar-refractivity contribution in [3.8, 4) is 0 Å². The molecule has 0 radical (unpaired) electrons. The molecule has 3 aromatic heterocycles. The first-order valence-electron chi connectivity index (χ1n) is 10.3. The second-order valence-corrected chi connectivity index (χ2v) is 9.20. The molecule has 4 aromatic rings. The Morgan fingerprint density at radius 1 is 1.25 bits per heavy atom. The molecule has 0 bridgehead atoms. The predicted molar refractivity (Wildman–Crippen MR) is 126 cm³/mol. The van der Waals surface area contributed by atoms with Crippen LogP contribution in [0.5, 0.6) is 0 Å². The standard InChI is InChI=1S/C23H22N4O3S2/c1-29-12-10-26-18-7-3-2-6-16(18)24-23(26)32-15-22(28)27-19(20-8-4-11-30-20)14-17(25-27)21-9-5-13-31-21/h2-9,11,13,19H,10,12,14-15H2,1H3. The molecule has 0 N–H and O–H groups in total. The zero-order valence-electron chi connectivity index (χ0n) is 17.5. The van der Waals surface area contributed by atoms with E-state index in [0.29, 0.717) is 19.6 Å². The van der Waals surface area contributed by atoms with E-state index in [-0.39, 0.29) is 17.7 Å². The van der Waals surface area contributed by atoms with E-state index in [2.05, 4.69) is 9.67 Å². The number of ether oxygens (including phenoxy) is 1. The van der Waals surface area contributed by atoms with Gasteiger partial charge in [-0.1, -0.05) is 30.0 Å². The lowest BCUT2D eigenvalue weighted by Gasteiger charge is -2.19. The Balaban J connectivity index is 1.38. The van der Waals surface area contributed by atoms with Crippen molar-refractivity contribution in [2.24, 2.45) is 5.10 Å². The lowest BCUT2D eigenvalue weighted by Crippen LogP contribution is -2.28. The van der Waals surface area contributed by atoms with Crippen molar-refractivity contribution in [2.45, 2.75) is 24.2 Å². The highest BCUT2D eigenvalue weighted by molar-refractivity contribution is 7.99. The molecular weight excluding hydrogens is 444 g/mol. The van der Waals surface area contributed by atoms with Gasteiger partial charge in [0.25, 0.3) is 5.91 Å². The summed E-state index contributed by atoms with van der Waals surface area (Å²) in [7, 11) is 1.68. The molecule has 5 rings (SSSR count). The number of furan rings is 1. The summed E-state index contributed by atoms with van der Waals surface area (Å²) in [6, 6.07) is 15.5. The third-order valence-corrected chi connectivity index (χ3v) is 7.19. The average molecular weight is 467 g/mol. The number of fused-ring (bicyclic) bond motifs is 1. The van der Waals surface area contributed by atoms with Gasteiger partial charge in [0.15, 0.2) is 5.16 Å². The molecular formula is C23H22N4O3S2. The lowest BCUT2D eigenvalue weighted by molar-refractivity contribution is -0.130. The first-order chi connectivity index (χ1) is 15.7. The maximum Gasteiger partial charge on any atom is 0.253 e. The van der Waals surface area contributed by atoms with E-state index >= 15 is 0 Å². The predicted octanol–water partition coefficient (Wildman–Crippen LogP) is 4.81. The van der Waals surface area contributed by atoms with E-state index in [0.717, 1.165) is 32.5 Å². The fourth-order valence-corrected chi connectivity index (χ4v) is 5.40. The Hall–Kier alpha value is -2.88. The third kappa shape index (κ3) is 4.11. The van der Waals surface area contributed by atoms with Gasteiger partial charge in [-0.2, -0.15) is 5.10 Å². The Bertz CT molecular complexity index is 1230. The molecule has 164 valence electrons. The average Bonchev–Trinajstić information content (AvgIpc) is 3.61. The molecule has 4 heterocycles. The van der Waals surface area contributed by atoms with Gasteiger partial charge in [-0.25, -0.2) is 9.99 Å². The molecule has 0 saturated carbocycles. The van der Waals surface area contributed by atoms with Crippen LogP contribution < -0.4 is 0 Å². The SMILES string of the molecule is COCCn1c(SCC(=O)N2N=C(c3cccs3)CC2c2ccco2)nc2ccccc21. The molecule has 1 aliphatic heterocycles. The number of thiophene rings is 1. The molecule has 1 unspecified atom stereocenters. The summed E-state index contributed by atoms with van der Waals surface area (Å²) in [4.78, 5) is 19.1. The number of hydrogen-bond acceptors (Lipinski definition) is 7. The van der Waals surface area contributed by atoms with Gasteiger partial charge in [-0.3, -0.25) is 4.79 Å². The molecule has 0 spiro atoms. The van der Waals surface area contributed by atoms with Gasteiger partial charge in [0.1, 0.15) is 11.8 Å². The minimum atomic E-state index is -0.234. The molecule has 32 heavy (non-hydrogen) atoms. The van der Waals surface area contributed by atoms with E-state index in [1.165, 1.54) is 11.8 Å². The van der Waals surface area contributed by atoms with Gasteiger partial charge >= 0.3 is 0 Å². The van der Waals surface area contributed by atoms with Gasteiger partial charge in [0, 0.05) is 20.1 Å². The molecule has 0 saturated heterocycles. The molecule has 0 aliphatic carbocycles. The van der Waals surface area contributed by atoms with Crippen molar-refractivity contribution in [3.63, 3.8) is 0 Å². The molecule has 1 atom stereocenters. The maximum atomic E-state index is 13.3. The second kappa shape index (κ2) is 9.32. The number of thioether (sulfide) groups is 1. The summed E-state index contributed by atoms with van der Waals surface area (Å²) in [5.41, 5.74) is 2.85. The van der Waals surface area contributed by atoms with E-state index in [1.54, 1.807) is 29.7 Å². The van der Waals surface area contributed by atoms with E-state index in [1.807, 2.05) is 53.9 Å². The summed E-state index contributed by atoms with van der Waals surface area (Å²) in [5, 5.41) is 9.08. The van der Waals surface area contributed by atoms with Crippen LogP contribution >= 0.6 is 23.1 Å². The van der Waals surface area contributed by atoms with Gasteiger partial charge in [-0.05, 0) is 35.7 Å². The maximum absolute atomic E-state index is 13.3. The minimum absolute atomic E-state index is 0.0756. The molecule has 1 amide bonds. The Labute approximate surface area is 193 Å². The first kappa shape index (κ1) is 21.0. The van der Waals surface area contributed by atoms with Crippen molar-refractivity contribution in [2.75, 3.05) is 19.5 Å². The van der Waals surface area contributed by atoms with E-state index in [4.69, 9.17) is 14.1 Å². The number of carbonyl (C=O) groups is 1. The number of rotatable bonds is 8. The summed E-state index contributed by atoms with van der Waals surface area (Å²) in [5.74, 6) is 0.897. The van der Waals surface area contributed by atoms with E-state index < -0.39 is 0 Å². The number of carbonyl (C=O) groups excluding carboxylic acids is 1. The van der Waals surface area contributed by atoms with Crippen molar-refractivity contribution in [1.29, 1.82) is 0 Å². The number of methoxy groups -OCH3 is 1. The number of imidazole rings is 1. The number of nitrogens with zero attached hydrogens (tertiary/aromatic N) is 4. The highest BCUT2D eigenvalue weighted by atomic mass is 32.2. The number of hydrogen-bond donors (Lipinski definition) is 0. The van der Waals surface area contributed by atoms with E-state index in [9.17, 15) is 4.79 Å². The monoisotopic (exact) mass is 466 g/mol. The molecule has 7 nitrogen and oxygen atoms in total. The fraction of sp³-hybridized carbons (Fsp3) is 0.261. The van der Waals surface area contributed by atoms with Crippen LogP contribution in [0, 0.1) is 0 Å². The zero-order chi connectivity index (χ0) is 21.9. The smallest absolute Gasteiger partial charge is 0.253 e. The summed E-state index contributed by atoms with van der Waals surface area (Å²) in [6.07, 6.45) is 2.27. The van der Waals surface area contributed by atoms with Crippen LogP contribution in [0.3, 0.4) is 0 Å². The van der Waals surface area contributed by atoms with Crippen LogP contribution in [0.1, 0.15) is 23.1 Å². The normalized spacial score (nSPS) is 16.1. The summed E-state index contributed by atoms with van der Waals surface area (Å²) >= 11 is 3.05. The Morgan fingerprint density at radius 3 is 2.94 bits per heavy atom. The Morgan fingerprint density at radius 2 is 2.16 bits per heavy atom.